The van der Waals surface area contributed by atoms with E-state index in [0.717, 1.165) is 0 Å². The van der Waals surface area contributed by atoms with Crippen molar-refractivity contribution >= 4 is 44.8 Å². The van der Waals surface area contributed by atoms with E-state index in [9.17, 15) is 13.2 Å². The van der Waals surface area contributed by atoms with Crippen LogP contribution in [0.2, 0.25) is 10.0 Å². The summed E-state index contributed by atoms with van der Waals surface area (Å²) in [4.78, 5) is 12.1. The van der Waals surface area contributed by atoms with Crippen molar-refractivity contribution in [3.05, 3.63) is 52.5 Å². The molecule has 0 saturated carbocycles. The van der Waals surface area contributed by atoms with Gasteiger partial charge in [-0.3, -0.25) is 4.79 Å². The first-order chi connectivity index (χ1) is 12.7. The van der Waals surface area contributed by atoms with Gasteiger partial charge in [0.2, 0.25) is 10.0 Å². The first-order valence-corrected chi connectivity index (χ1v) is 10.5. The van der Waals surface area contributed by atoms with E-state index in [-0.39, 0.29) is 17.5 Å². The van der Waals surface area contributed by atoms with Crippen molar-refractivity contribution in [1.82, 2.24) is 4.72 Å². The molecule has 0 aliphatic rings. The van der Waals surface area contributed by atoms with Crippen molar-refractivity contribution < 1.29 is 17.9 Å². The average Bonchev–Trinajstić information content (AvgIpc) is 2.63. The number of para-hydroxylation sites is 1. The number of rotatable bonds is 8. The molecule has 1 amide bonds. The van der Waals surface area contributed by atoms with E-state index in [1.54, 1.807) is 25.1 Å². The highest BCUT2D eigenvalue weighted by Gasteiger charge is 2.16. The van der Waals surface area contributed by atoms with Crippen molar-refractivity contribution in [3.63, 3.8) is 0 Å². The zero-order chi connectivity index (χ0) is 20.0. The fraction of sp³-hybridized carbons (Fsp3) is 0.278. The van der Waals surface area contributed by atoms with Gasteiger partial charge in [0.15, 0.2) is 6.61 Å². The molecule has 0 aromatic heterocycles. The molecule has 2 rings (SSSR count). The molecule has 0 fully saturated rings. The number of benzene rings is 2. The predicted molar refractivity (Wildman–Crippen MR) is 107 cm³/mol. The number of anilines is 1. The molecule has 0 saturated heterocycles. The van der Waals surface area contributed by atoms with Crippen LogP contribution in [0, 0.1) is 0 Å². The summed E-state index contributed by atoms with van der Waals surface area (Å²) in [5.74, 6) is -0.0852. The maximum absolute atomic E-state index is 12.2. The standard InChI is InChI=1S/C18H20Cl2N2O4S/c1-3-12(2)22-27(24,25)14-9-7-13(8-10-14)26-11-17(23)21-18-15(19)5-4-6-16(18)20/h4-10,12,22H,3,11H2,1-2H3,(H,21,23)/t12-/m0/s1. The van der Waals surface area contributed by atoms with Crippen LogP contribution >= 0.6 is 23.2 Å². The Labute approximate surface area is 168 Å². The lowest BCUT2D eigenvalue weighted by Gasteiger charge is -2.13. The van der Waals surface area contributed by atoms with Crippen molar-refractivity contribution in [3.8, 4) is 5.75 Å². The molecular weight excluding hydrogens is 411 g/mol. The summed E-state index contributed by atoms with van der Waals surface area (Å²) in [6.45, 7) is 3.41. The fourth-order valence-corrected chi connectivity index (χ4v) is 3.89. The van der Waals surface area contributed by atoms with E-state index in [1.165, 1.54) is 24.3 Å². The van der Waals surface area contributed by atoms with Crippen molar-refractivity contribution in [2.75, 3.05) is 11.9 Å². The van der Waals surface area contributed by atoms with Crippen LogP contribution in [0.3, 0.4) is 0 Å². The second-order valence-corrected chi connectivity index (χ2v) is 8.36. The summed E-state index contributed by atoms with van der Waals surface area (Å²) in [7, 11) is -3.58. The Hall–Kier alpha value is -1.80. The SMILES string of the molecule is CC[C@H](C)NS(=O)(=O)c1ccc(OCC(=O)Nc2c(Cl)cccc2Cl)cc1. The number of amides is 1. The quantitative estimate of drug-likeness (QED) is 0.660. The van der Waals surface area contributed by atoms with Crippen LogP contribution in [-0.4, -0.2) is 27.0 Å². The molecule has 0 unspecified atom stereocenters. The van der Waals surface area contributed by atoms with Crippen molar-refractivity contribution in [2.24, 2.45) is 0 Å². The van der Waals surface area contributed by atoms with Gasteiger partial charge >= 0.3 is 0 Å². The van der Waals surface area contributed by atoms with Gasteiger partial charge in [0.25, 0.3) is 5.91 Å². The molecule has 2 aromatic rings. The minimum Gasteiger partial charge on any atom is -0.484 e. The predicted octanol–water partition coefficient (Wildman–Crippen LogP) is 4.09. The smallest absolute Gasteiger partial charge is 0.262 e. The van der Waals surface area contributed by atoms with E-state index in [0.29, 0.717) is 27.9 Å². The summed E-state index contributed by atoms with van der Waals surface area (Å²) in [5, 5.41) is 3.22. The third-order valence-electron chi connectivity index (χ3n) is 3.70. The Kier molecular flexibility index (Phi) is 7.49. The zero-order valence-electron chi connectivity index (χ0n) is 14.8. The van der Waals surface area contributed by atoms with E-state index in [1.807, 2.05) is 6.92 Å². The maximum Gasteiger partial charge on any atom is 0.262 e. The fourth-order valence-electron chi connectivity index (χ4n) is 2.07. The van der Waals surface area contributed by atoms with E-state index < -0.39 is 15.9 Å². The number of hydrogen-bond acceptors (Lipinski definition) is 4. The molecule has 146 valence electrons. The summed E-state index contributed by atoms with van der Waals surface area (Å²) in [5.41, 5.74) is 0.312. The molecule has 0 aliphatic heterocycles. The van der Waals surface area contributed by atoms with Gasteiger partial charge in [-0.2, -0.15) is 0 Å². The minimum atomic E-state index is -3.58. The molecular formula is C18H20Cl2N2O4S. The summed E-state index contributed by atoms with van der Waals surface area (Å²) in [6, 6.07) is 10.5. The average molecular weight is 431 g/mol. The van der Waals surface area contributed by atoms with Gasteiger partial charge in [-0.15, -0.1) is 0 Å². The summed E-state index contributed by atoms with van der Waals surface area (Å²) < 4.78 is 32.4. The third kappa shape index (κ3) is 6.10. The van der Waals surface area contributed by atoms with Crippen LogP contribution in [0.1, 0.15) is 20.3 Å². The van der Waals surface area contributed by atoms with Gasteiger partial charge < -0.3 is 10.1 Å². The van der Waals surface area contributed by atoms with Crippen LogP contribution in [0.25, 0.3) is 0 Å². The van der Waals surface area contributed by atoms with Crippen molar-refractivity contribution in [1.29, 1.82) is 0 Å². The van der Waals surface area contributed by atoms with Gasteiger partial charge in [-0.05, 0) is 49.7 Å². The third-order valence-corrected chi connectivity index (χ3v) is 5.94. The van der Waals surface area contributed by atoms with E-state index >= 15 is 0 Å². The van der Waals surface area contributed by atoms with Crippen molar-refractivity contribution in [2.45, 2.75) is 31.2 Å². The number of ether oxygens (including phenoxy) is 1. The van der Waals surface area contributed by atoms with Gasteiger partial charge in [0, 0.05) is 6.04 Å². The number of hydrogen-bond donors (Lipinski definition) is 2. The van der Waals surface area contributed by atoms with Gasteiger partial charge in [0.05, 0.1) is 20.6 Å². The molecule has 0 bridgehead atoms. The summed E-state index contributed by atoms with van der Waals surface area (Å²) >= 11 is 12.0. The number of halogens is 2. The van der Waals surface area contributed by atoms with Crippen LogP contribution in [0.5, 0.6) is 5.75 Å². The number of sulfonamides is 1. The number of carbonyl (C=O) groups excluding carboxylic acids is 1. The molecule has 0 aliphatic carbocycles. The molecule has 2 N–H and O–H groups in total. The Balaban J connectivity index is 1.96. The molecule has 2 aromatic carbocycles. The lowest BCUT2D eigenvalue weighted by Crippen LogP contribution is -2.31. The first kappa shape index (κ1) is 21.5. The second kappa shape index (κ2) is 9.41. The Morgan fingerprint density at radius 1 is 1.11 bits per heavy atom. The molecule has 0 radical (unpaired) electrons. The second-order valence-electron chi connectivity index (χ2n) is 5.84. The minimum absolute atomic E-state index is 0.127. The molecule has 27 heavy (non-hydrogen) atoms. The molecule has 6 nitrogen and oxygen atoms in total. The van der Waals surface area contributed by atoms with Crippen LogP contribution in [0.4, 0.5) is 5.69 Å². The lowest BCUT2D eigenvalue weighted by molar-refractivity contribution is -0.118. The highest BCUT2D eigenvalue weighted by molar-refractivity contribution is 7.89. The monoisotopic (exact) mass is 430 g/mol. The number of nitrogens with one attached hydrogen (secondary N) is 2. The molecule has 1 atom stereocenters. The maximum atomic E-state index is 12.2. The number of carbonyl (C=O) groups is 1. The van der Waals surface area contributed by atoms with Gasteiger partial charge in [-0.1, -0.05) is 36.2 Å². The Morgan fingerprint density at radius 3 is 2.26 bits per heavy atom. The normalized spacial score (nSPS) is 12.4. The first-order valence-electron chi connectivity index (χ1n) is 8.22. The Morgan fingerprint density at radius 2 is 1.70 bits per heavy atom. The van der Waals surface area contributed by atoms with Gasteiger partial charge in [-0.25, -0.2) is 13.1 Å². The van der Waals surface area contributed by atoms with E-state index in [2.05, 4.69) is 10.0 Å². The van der Waals surface area contributed by atoms with Crippen LogP contribution < -0.4 is 14.8 Å². The highest BCUT2D eigenvalue weighted by Crippen LogP contribution is 2.29. The summed E-state index contributed by atoms with van der Waals surface area (Å²) in [6.07, 6.45) is 0.685. The topological polar surface area (TPSA) is 84.5 Å². The molecule has 9 heteroatoms. The van der Waals surface area contributed by atoms with Crippen LogP contribution in [-0.2, 0) is 14.8 Å². The largest absolute Gasteiger partial charge is 0.484 e. The van der Waals surface area contributed by atoms with E-state index in [4.69, 9.17) is 27.9 Å². The van der Waals surface area contributed by atoms with Gasteiger partial charge in [0.1, 0.15) is 5.75 Å². The highest BCUT2D eigenvalue weighted by atomic mass is 35.5. The Bertz CT molecular complexity index is 882. The molecule has 0 heterocycles. The molecule has 0 spiro atoms. The van der Waals surface area contributed by atoms with Crippen LogP contribution in [0.15, 0.2) is 47.4 Å². The lowest BCUT2D eigenvalue weighted by atomic mass is 10.3. The zero-order valence-corrected chi connectivity index (χ0v) is 17.2.